The van der Waals surface area contributed by atoms with Crippen LogP contribution >= 0.6 is 45.8 Å². The van der Waals surface area contributed by atoms with Crippen molar-refractivity contribution in [1.82, 2.24) is 4.98 Å². The molecule has 1 aromatic heterocycles. The van der Waals surface area contributed by atoms with Gasteiger partial charge in [0.25, 0.3) is 0 Å². The predicted octanol–water partition coefficient (Wildman–Crippen LogP) is 5.69. The number of para-hydroxylation sites is 1. The van der Waals surface area contributed by atoms with Gasteiger partial charge in [0.1, 0.15) is 0 Å². The number of aromatic amines is 1. The molecule has 0 radical (unpaired) electrons. The molecule has 3 aromatic rings. The summed E-state index contributed by atoms with van der Waals surface area (Å²) in [6, 6.07) is 13.8. The van der Waals surface area contributed by atoms with E-state index in [9.17, 15) is 0 Å². The first-order valence-electron chi connectivity index (χ1n) is 6.09. The van der Waals surface area contributed by atoms with Crippen molar-refractivity contribution in [2.75, 3.05) is 5.32 Å². The van der Waals surface area contributed by atoms with Crippen molar-refractivity contribution in [3.05, 3.63) is 61.8 Å². The van der Waals surface area contributed by atoms with Crippen LogP contribution in [0.25, 0.3) is 10.9 Å². The number of nitrogens with one attached hydrogen (secondary N) is 2. The van der Waals surface area contributed by atoms with Crippen molar-refractivity contribution in [3.8, 4) is 0 Å². The minimum atomic E-state index is 0.644. The summed E-state index contributed by atoms with van der Waals surface area (Å²) in [6.45, 7) is 0.644. The minimum absolute atomic E-state index is 0.644. The fraction of sp³-hybridized carbons (Fsp3) is 0.0667. The molecule has 0 aliphatic rings. The normalized spacial score (nSPS) is 10.9. The van der Waals surface area contributed by atoms with Gasteiger partial charge >= 0.3 is 0 Å². The van der Waals surface area contributed by atoms with Crippen LogP contribution in [-0.2, 0) is 6.54 Å². The van der Waals surface area contributed by atoms with Gasteiger partial charge in [0.2, 0.25) is 0 Å². The Morgan fingerprint density at radius 2 is 1.90 bits per heavy atom. The molecule has 0 fully saturated rings. The van der Waals surface area contributed by atoms with Gasteiger partial charge in [0.05, 0.1) is 17.3 Å². The van der Waals surface area contributed by atoms with E-state index in [-0.39, 0.29) is 0 Å². The summed E-state index contributed by atoms with van der Waals surface area (Å²) in [5.74, 6) is 0. The van der Waals surface area contributed by atoms with E-state index in [1.807, 2.05) is 42.5 Å². The van der Waals surface area contributed by atoms with Crippen LogP contribution in [0, 0.1) is 3.57 Å². The average molecular weight is 417 g/mol. The van der Waals surface area contributed by atoms with Crippen LogP contribution in [-0.4, -0.2) is 4.98 Å². The fourth-order valence-corrected chi connectivity index (χ4v) is 3.44. The summed E-state index contributed by atoms with van der Waals surface area (Å²) in [7, 11) is 0. The number of halogens is 3. The standard InChI is InChI=1S/C15H11Cl2IN2/c16-9-5-6-13(11(18)7-9)19-8-14-15(17)10-3-1-2-4-12(10)20-14/h1-7,19-20H,8H2. The number of anilines is 1. The molecule has 0 aliphatic carbocycles. The van der Waals surface area contributed by atoms with Crippen molar-refractivity contribution in [1.29, 1.82) is 0 Å². The van der Waals surface area contributed by atoms with Crippen LogP contribution in [0.15, 0.2) is 42.5 Å². The number of benzene rings is 2. The topological polar surface area (TPSA) is 27.8 Å². The minimum Gasteiger partial charge on any atom is -0.379 e. The highest BCUT2D eigenvalue weighted by molar-refractivity contribution is 14.1. The van der Waals surface area contributed by atoms with Gasteiger partial charge < -0.3 is 10.3 Å². The summed E-state index contributed by atoms with van der Waals surface area (Å²) in [5.41, 5.74) is 3.09. The molecule has 2 N–H and O–H groups in total. The Morgan fingerprint density at radius 3 is 2.65 bits per heavy atom. The first-order chi connectivity index (χ1) is 9.65. The van der Waals surface area contributed by atoms with Crippen LogP contribution in [0.3, 0.4) is 0 Å². The lowest BCUT2D eigenvalue weighted by Crippen LogP contribution is -2.01. The average Bonchev–Trinajstić information content (AvgIpc) is 2.75. The van der Waals surface area contributed by atoms with E-state index in [4.69, 9.17) is 23.2 Å². The molecule has 2 aromatic carbocycles. The van der Waals surface area contributed by atoms with E-state index in [1.165, 1.54) is 0 Å². The molecule has 0 amide bonds. The largest absolute Gasteiger partial charge is 0.379 e. The molecule has 0 bridgehead atoms. The maximum absolute atomic E-state index is 6.39. The summed E-state index contributed by atoms with van der Waals surface area (Å²) in [6.07, 6.45) is 0. The Morgan fingerprint density at radius 1 is 1.10 bits per heavy atom. The SMILES string of the molecule is Clc1ccc(NCc2[nH]c3ccccc3c2Cl)c(I)c1. The lowest BCUT2D eigenvalue weighted by Gasteiger charge is -2.08. The monoisotopic (exact) mass is 416 g/mol. The van der Waals surface area contributed by atoms with Crippen LogP contribution in [0.1, 0.15) is 5.69 Å². The van der Waals surface area contributed by atoms with E-state index in [1.54, 1.807) is 0 Å². The zero-order valence-corrected chi connectivity index (χ0v) is 14.1. The molecule has 0 aliphatic heterocycles. The van der Waals surface area contributed by atoms with Gasteiger partial charge in [-0.05, 0) is 46.9 Å². The molecular formula is C15H11Cl2IN2. The molecule has 1 heterocycles. The van der Waals surface area contributed by atoms with E-state index in [0.717, 1.165) is 35.9 Å². The summed E-state index contributed by atoms with van der Waals surface area (Å²) >= 11 is 14.6. The second kappa shape index (κ2) is 5.84. The maximum Gasteiger partial charge on any atom is 0.0710 e. The number of H-pyrrole nitrogens is 1. The van der Waals surface area contributed by atoms with E-state index in [0.29, 0.717) is 6.54 Å². The molecule has 2 nitrogen and oxygen atoms in total. The van der Waals surface area contributed by atoms with Crippen LogP contribution in [0.2, 0.25) is 10.0 Å². The summed E-state index contributed by atoms with van der Waals surface area (Å²) in [4.78, 5) is 3.34. The van der Waals surface area contributed by atoms with Gasteiger partial charge in [-0.3, -0.25) is 0 Å². The van der Waals surface area contributed by atoms with Crippen LogP contribution in [0.4, 0.5) is 5.69 Å². The highest BCUT2D eigenvalue weighted by Gasteiger charge is 2.09. The van der Waals surface area contributed by atoms with E-state index in [2.05, 4.69) is 32.9 Å². The molecule has 0 unspecified atom stereocenters. The van der Waals surface area contributed by atoms with Gasteiger partial charge in [0.15, 0.2) is 0 Å². The lowest BCUT2D eigenvalue weighted by molar-refractivity contribution is 1.08. The number of hydrogen-bond donors (Lipinski definition) is 2. The zero-order valence-electron chi connectivity index (χ0n) is 10.4. The van der Waals surface area contributed by atoms with Crippen molar-refractivity contribution in [3.63, 3.8) is 0 Å². The van der Waals surface area contributed by atoms with Crippen molar-refractivity contribution in [2.24, 2.45) is 0 Å². The first-order valence-corrected chi connectivity index (χ1v) is 7.92. The van der Waals surface area contributed by atoms with Crippen molar-refractivity contribution in [2.45, 2.75) is 6.54 Å². The Bertz CT molecular complexity index is 768. The second-order valence-electron chi connectivity index (χ2n) is 4.44. The number of hydrogen-bond acceptors (Lipinski definition) is 1. The van der Waals surface area contributed by atoms with Gasteiger partial charge in [0, 0.05) is 25.2 Å². The fourth-order valence-electron chi connectivity index (χ4n) is 2.10. The molecule has 5 heteroatoms. The molecule has 0 saturated heterocycles. The van der Waals surface area contributed by atoms with Gasteiger partial charge in [-0.25, -0.2) is 0 Å². The summed E-state index contributed by atoms with van der Waals surface area (Å²) in [5, 5.41) is 5.94. The molecule has 102 valence electrons. The predicted molar refractivity (Wildman–Crippen MR) is 94.8 cm³/mol. The van der Waals surface area contributed by atoms with Crippen LogP contribution < -0.4 is 5.32 Å². The smallest absolute Gasteiger partial charge is 0.0710 e. The first kappa shape index (κ1) is 14.0. The van der Waals surface area contributed by atoms with E-state index >= 15 is 0 Å². The van der Waals surface area contributed by atoms with Gasteiger partial charge in [-0.15, -0.1) is 0 Å². The van der Waals surface area contributed by atoms with Crippen molar-refractivity contribution >= 4 is 62.4 Å². The van der Waals surface area contributed by atoms with Gasteiger partial charge in [-0.2, -0.15) is 0 Å². The highest BCUT2D eigenvalue weighted by atomic mass is 127. The third kappa shape index (κ3) is 2.75. The molecule has 0 spiro atoms. The third-order valence-electron chi connectivity index (χ3n) is 3.10. The van der Waals surface area contributed by atoms with Gasteiger partial charge in [-0.1, -0.05) is 41.4 Å². The van der Waals surface area contributed by atoms with Crippen molar-refractivity contribution < 1.29 is 0 Å². The maximum atomic E-state index is 6.39. The molecule has 3 rings (SSSR count). The molecular weight excluding hydrogens is 406 g/mol. The lowest BCUT2D eigenvalue weighted by atomic mass is 10.2. The Kier molecular flexibility index (Phi) is 4.10. The number of fused-ring (bicyclic) bond motifs is 1. The number of aromatic nitrogens is 1. The second-order valence-corrected chi connectivity index (χ2v) is 6.42. The summed E-state index contributed by atoms with van der Waals surface area (Å²) < 4.78 is 1.09. The van der Waals surface area contributed by atoms with E-state index < -0.39 is 0 Å². The number of rotatable bonds is 3. The molecule has 20 heavy (non-hydrogen) atoms. The third-order valence-corrected chi connectivity index (χ3v) is 4.66. The quantitative estimate of drug-likeness (QED) is 0.527. The zero-order chi connectivity index (χ0) is 14.1. The molecule has 0 atom stereocenters. The Hall–Kier alpha value is -0.910. The van der Waals surface area contributed by atoms with Crippen LogP contribution in [0.5, 0.6) is 0 Å². The highest BCUT2D eigenvalue weighted by Crippen LogP contribution is 2.28. The Labute approximate surface area is 140 Å². The Balaban J connectivity index is 1.85. The molecule has 0 saturated carbocycles.